The molecule has 1 aromatic rings. The lowest BCUT2D eigenvalue weighted by Gasteiger charge is -2.24. The summed E-state index contributed by atoms with van der Waals surface area (Å²) in [5, 5.41) is 0. The van der Waals surface area contributed by atoms with E-state index in [1.807, 2.05) is 0 Å². The lowest BCUT2D eigenvalue weighted by Crippen LogP contribution is -2.39. The second kappa shape index (κ2) is 4.05. The highest BCUT2D eigenvalue weighted by molar-refractivity contribution is 5.16. The molecule has 0 heterocycles. The summed E-state index contributed by atoms with van der Waals surface area (Å²) in [6.07, 6.45) is -3.14. The van der Waals surface area contributed by atoms with Crippen LogP contribution in [-0.4, -0.2) is 17.2 Å². The Morgan fingerprint density at radius 2 is 1.69 bits per heavy atom. The van der Waals surface area contributed by atoms with E-state index in [-0.39, 0.29) is 6.54 Å². The first-order chi connectivity index (χ1) is 7.47. The molecule has 1 nitrogen and oxygen atoms in total. The summed E-state index contributed by atoms with van der Waals surface area (Å²) in [5.74, 6) is -0.436. The van der Waals surface area contributed by atoms with E-state index in [9.17, 15) is 17.6 Å². The van der Waals surface area contributed by atoms with Crippen LogP contribution in [0, 0.1) is 5.82 Å². The van der Waals surface area contributed by atoms with Gasteiger partial charge >= 0.3 is 6.30 Å². The fraction of sp³-hybridized carbons (Fsp3) is 0.455. The Kier molecular flexibility index (Phi) is 2.88. The first kappa shape index (κ1) is 11.4. The maximum absolute atomic E-state index is 12.6. The second-order valence-corrected chi connectivity index (χ2v) is 3.95. The molecule has 2 rings (SSSR count). The molecule has 0 bridgehead atoms. The standard InChI is InChI=1S/C11H11F4N/c12-9-3-1-8(2-4-9)7-16(10-5-6-10)11(13,14)15/h1-4,10H,5-7H2. The molecule has 0 aromatic heterocycles. The molecule has 1 aromatic carbocycles. The maximum atomic E-state index is 12.6. The molecule has 0 atom stereocenters. The maximum Gasteiger partial charge on any atom is 0.460 e. The summed E-state index contributed by atoms with van der Waals surface area (Å²) < 4.78 is 50.5. The first-order valence-electron chi connectivity index (χ1n) is 5.05. The molecule has 0 amide bonds. The van der Waals surface area contributed by atoms with Gasteiger partial charge in [0.05, 0.1) is 0 Å². The van der Waals surface area contributed by atoms with Crippen LogP contribution in [0.1, 0.15) is 18.4 Å². The molecule has 0 saturated heterocycles. The van der Waals surface area contributed by atoms with Gasteiger partial charge in [-0.05, 0) is 30.5 Å². The van der Waals surface area contributed by atoms with Crippen molar-refractivity contribution in [2.75, 3.05) is 0 Å². The minimum absolute atomic E-state index is 0.200. The van der Waals surface area contributed by atoms with E-state index in [0.717, 1.165) is 0 Å². The van der Waals surface area contributed by atoms with Crippen LogP contribution in [0.15, 0.2) is 24.3 Å². The third-order valence-corrected chi connectivity index (χ3v) is 2.58. The lowest BCUT2D eigenvalue weighted by atomic mass is 10.2. The molecule has 1 fully saturated rings. The Hall–Kier alpha value is -1.10. The molecule has 16 heavy (non-hydrogen) atoms. The summed E-state index contributed by atoms with van der Waals surface area (Å²) in [4.78, 5) is 0.514. The number of alkyl halides is 3. The summed E-state index contributed by atoms with van der Waals surface area (Å²) >= 11 is 0. The van der Waals surface area contributed by atoms with Crippen LogP contribution in [0.4, 0.5) is 17.6 Å². The average molecular weight is 233 g/mol. The zero-order valence-electron chi connectivity index (χ0n) is 8.47. The van der Waals surface area contributed by atoms with Crippen molar-refractivity contribution in [1.29, 1.82) is 0 Å². The van der Waals surface area contributed by atoms with Crippen molar-refractivity contribution in [3.05, 3.63) is 35.6 Å². The normalized spacial score (nSPS) is 16.8. The first-order valence-corrected chi connectivity index (χ1v) is 5.05. The number of hydrogen-bond donors (Lipinski definition) is 0. The predicted octanol–water partition coefficient (Wildman–Crippen LogP) is 3.31. The van der Waals surface area contributed by atoms with E-state index < -0.39 is 18.2 Å². The Morgan fingerprint density at radius 3 is 2.12 bits per heavy atom. The molecule has 1 saturated carbocycles. The van der Waals surface area contributed by atoms with E-state index >= 15 is 0 Å². The Morgan fingerprint density at radius 1 is 1.12 bits per heavy atom. The van der Waals surface area contributed by atoms with Crippen molar-refractivity contribution in [1.82, 2.24) is 4.90 Å². The number of rotatable bonds is 3. The number of nitrogens with zero attached hydrogens (tertiary/aromatic N) is 1. The molecule has 0 spiro atoms. The highest BCUT2D eigenvalue weighted by Gasteiger charge is 2.45. The topological polar surface area (TPSA) is 3.24 Å². The van der Waals surface area contributed by atoms with Gasteiger partial charge in [-0.1, -0.05) is 12.1 Å². The summed E-state index contributed by atoms with van der Waals surface area (Å²) in [6, 6.07) is 4.73. The van der Waals surface area contributed by atoms with E-state index in [4.69, 9.17) is 0 Å². The van der Waals surface area contributed by atoms with Gasteiger partial charge in [0.15, 0.2) is 0 Å². The van der Waals surface area contributed by atoms with Gasteiger partial charge in [0.25, 0.3) is 0 Å². The van der Waals surface area contributed by atoms with Crippen molar-refractivity contribution in [2.24, 2.45) is 0 Å². The number of halogens is 4. The summed E-state index contributed by atoms with van der Waals surface area (Å²) in [7, 11) is 0. The molecular weight excluding hydrogens is 222 g/mol. The Labute approximate surface area is 90.7 Å². The smallest absolute Gasteiger partial charge is 0.207 e. The largest absolute Gasteiger partial charge is 0.460 e. The molecule has 5 heteroatoms. The van der Waals surface area contributed by atoms with Gasteiger partial charge in [-0.15, -0.1) is 0 Å². The van der Waals surface area contributed by atoms with Crippen LogP contribution >= 0.6 is 0 Å². The van der Waals surface area contributed by atoms with Crippen LogP contribution in [-0.2, 0) is 6.54 Å². The average Bonchev–Trinajstić information content (AvgIpc) is 2.98. The van der Waals surface area contributed by atoms with Gasteiger partial charge in [-0.3, -0.25) is 0 Å². The fourth-order valence-corrected chi connectivity index (χ4v) is 1.60. The van der Waals surface area contributed by atoms with E-state index in [2.05, 4.69) is 0 Å². The van der Waals surface area contributed by atoms with Gasteiger partial charge in [0.2, 0.25) is 0 Å². The van der Waals surface area contributed by atoms with Gasteiger partial charge in [0.1, 0.15) is 5.82 Å². The van der Waals surface area contributed by atoms with Crippen LogP contribution in [0.2, 0.25) is 0 Å². The highest BCUT2D eigenvalue weighted by atomic mass is 19.4. The molecule has 1 aliphatic rings. The zero-order chi connectivity index (χ0) is 11.8. The van der Waals surface area contributed by atoms with Crippen molar-refractivity contribution in [3.63, 3.8) is 0 Å². The van der Waals surface area contributed by atoms with Gasteiger partial charge in [-0.25, -0.2) is 9.29 Å². The van der Waals surface area contributed by atoms with Gasteiger partial charge < -0.3 is 0 Å². The molecule has 0 aliphatic heterocycles. The van der Waals surface area contributed by atoms with Crippen molar-refractivity contribution < 1.29 is 17.6 Å². The minimum atomic E-state index is -4.31. The number of hydrogen-bond acceptors (Lipinski definition) is 1. The monoisotopic (exact) mass is 233 g/mol. The molecule has 88 valence electrons. The van der Waals surface area contributed by atoms with Crippen molar-refractivity contribution in [3.8, 4) is 0 Å². The third-order valence-electron chi connectivity index (χ3n) is 2.58. The van der Waals surface area contributed by atoms with Crippen LogP contribution < -0.4 is 0 Å². The number of benzene rings is 1. The highest BCUT2D eigenvalue weighted by Crippen LogP contribution is 2.36. The summed E-state index contributed by atoms with van der Waals surface area (Å²) in [5.41, 5.74) is 0.477. The Bertz CT molecular complexity index is 353. The molecule has 0 N–H and O–H groups in total. The SMILES string of the molecule is Fc1ccc(CN(C2CC2)C(F)(F)F)cc1. The van der Waals surface area contributed by atoms with Crippen LogP contribution in [0.5, 0.6) is 0 Å². The van der Waals surface area contributed by atoms with Crippen LogP contribution in [0.25, 0.3) is 0 Å². The Balaban J connectivity index is 2.08. The van der Waals surface area contributed by atoms with Crippen LogP contribution in [0.3, 0.4) is 0 Å². The van der Waals surface area contributed by atoms with Gasteiger partial charge in [-0.2, -0.15) is 13.2 Å². The van der Waals surface area contributed by atoms with Crippen molar-refractivity contribution in [2.45, 2.75) is 31.7 Å². The summed E-state index contributed by atoms with van der Waals surface area (Å²) in [6.45, 7) is -0.200. The quantitative estimate of drug-likeness (QED) is 0.572. The molecule has 0 radical (unpaired) electrons. The molecule has 1 aliphatic carbocycles. The zero-order valence-corrected chi connectivity index (χ0v) is 8.47. The second-order valence-electron chi connectivity index (χ2n) is 3.95. The van der Waals surface area contributed by atoms with Crippen molar-refractivity contribution >= 4 is 0 Å². The lowest BCUT2D eigenvalue weighted by molar-refractivity contribution is -0.253. The minimum Gasteiger partial charge on any atom is -0.207 e. The fourth-order valence-electron chi connectivity index (χ4n) is 1.60. The molecular formula is C11H11F4N. The third kappa shape index (κ3) is 2.72. The van der Waals surface area contributed by atoms with E-state index in [0.29, 0.717) is 23.3 Å². The van der Waals surface area contributed by atoms with E-state index in [1.54, 1.807) is 0 Å². The predicted molar refractivity (Wildman–Crippen MR) is 51.0 cm³/mol. The van der Waals surface area contributed by atoms with Gasteiger partial charge in [0, 0.05) is 12.6 Å². The van der Waals surface area contributed by atoms with E-state index in [1.165, 1.54) is 24.3 Å². The molecule has 0 unspecified atom stereocenters.